The van der Waals surface area contributed by atoms with Crippen molar-refractivity contribution in [2.45, 2.75) is 17.4 Å². The van der Waals surface area contributed by atoms with Crippen LogP contribution < -0.4 is 10.9 Å². The number of halogens is 2. The van der Waals surface area contributed by atoms with Gasteiger partial charge in [-0.25, -0.2) is 0 Å². The maximum Gasteiger partial charge on any atom is 0.310 e. The first-order valence-corrected chi connectivity index (χ1v) is 10.0. The molecule has 148 valence electrons. The van der Waals surface area contributed by atoms with Crippen molar-refractivity contribution >= 4 is 51.3 Å². The lowest BCUT2D eigenvalue weighted by Crippen LogP contribution is -2.44. The van der Waals surface area contributed by atoms with E-state index in [4.69, 9.17) is 21.1 Å². The van der Waals surface area contributed by atoms with Gasteiger partial charge in [0.25, 0.3) is 11.8 Å². The maximum absolute atomic E-state index is 12.5. The van der Waals surface area contributed by atoms with Gasteiger partial charge in [0.05, 0.1) is 16.7 Å². The van der Waals surface area contributed by atoms with E-state index in [9.17, 15) is 19.2 Å². The number of carbonyl (C=O) groups excluding carboxylic acids is 4. The number of fused-ring (bicyclic) bond motifs is 1. The summed E-state index contributed by atoms with van der Waals surface area (Å²) in [5.41, 5.74) is 4.71. The number of alkyl halides is 1. The average Bonchev–Trinajstić information content (AvgIpc) is 3.29. The van der Waals surface area contributed by atoms with E-state index in [0.717, 1.165) is 6.42 Å². The number of nitrogens with one attached hydrogen (secondary N) is 2. The maximum atomic E-state index is 12.5. The topological polar surface area (TPSA) is 111 Å². The normalized spacial score (nSPS) is 32.0. The molecule has 1 aromatic carbocycles. The Morgan fingerprint density at radius 2 is 1.89 bits per heavy atom. The average molecular weight is 472 g/mol. The van der Waals surface area contributed by atoms with Gasteiger partial charge >= 0.3 is 11.9 Å². The van der Waals surface area contributed by atoms with E-state index in [1.54, 1.807) is 12.1 Å². The van der Waals surface area contributed by atoms with Crippen molar-refractivity contribution in [3.05, 3.63) is 34.9 Å². The SMILES string of the molecule is O=C(COC(=O)[C@@H]1[C@H]2C[C@H]3[C@H](OC(=O)[C@H]31)[C@H]2Br)NNC(=O)c1ccc(Cl)cc1. The molecule has 2 N–H and O–H groups in total. The molecule has 0 unspecified atom stereocenters. The van der Waals surface area contributed by atoms with Gasteiger partial charge in [-0.1, -0.05) is 27.5 Å². The molecule has 0 spiro atoms. The zero-order valence-corrected chi connectivity index (χ0v) is 16.7. The number of carbonyl (C=O) groups is 4. The van der Waals surface area contributed by atoms with Crippen LogP contribution in [0.5, 0.6) is 0 Å². The quantitative estimate of drug-likeness (QED) is 0.388. The zero-order valence-electron chi connectivity index (χ0n) is 14.4. The van der Waals surface area contributed by atoms with Crippen LogP contribution in [0.4, 0.5) is 0 Å². The van der Waals surface area contributed by atoms with Gasteiger partial charge in [0.2, 0.25) is 0 Å². The molecule has 6 atom stereocenters. The predicted octanol–water partition coefficient (Wildman–Crippen LogP) is 1.22. The number of hydrogen-bond donors (Lipinski definition) is 2. The Morgan fingerprint density at radius 1 is 1.18 bits per heavy atom. The van der Waals surface area contributed by atoms with Crippen LogP contribution in [0.1, 0.15) is 16.8 Å². The van der Waals surface area contributed by atoms with Crippen LogP contribution in [0.15, 0.2) is 24.3 Å². The number of hydrogen-bond acceptors (Lipinski definition) is 6. The van der Waals surface area contributed by atoms with E-state index in [-0.39, 0.29) is 28.7 Å². The largest absolute Gasteiger partial charge is 0.461 e. The predicted molar refractivity (Wildman–Crippen MR) is 99.2 cm³/mol. The smallest absolute Gasteiger partial charge is 0.310 e. The van der Waals surface area contributed by atoms with Gasteiger partial charge in [-0.15, -0.1) is 0 Å². The van der Waals surface area contributed by atoms with Crippen molar-refractivity contribution in [2.75, 3.05) is 6.61 Å². The first-order chi connectivity index (χ1) is 13.4. The van der Waals surface area contributed by atoms with Crippen molar-refractivity contribution in [2.24, 2.45) is 23.7 Å². The molecule has 2 bridgehead atoms. The first kappa shape index (κ1) is 19.2. The van der Waals surface area contributed by atoms with E-state index in [2.05, 4.69) is 26.8 Å². The van der Waals surface area contributed by atoms with Crippen LogP contribution in [0, 0.1) is 23.7 Å². The molecule has 8 nitrogen and oxygen atoms in total. The summed E-state index contributed by atoms with van der Waals surface area (Å²) in [6, 6.07) is 6.10. The Morgan fingerprint density at radius 3 is 2.61 bits per heavy atom. The van der Waals surface area contributed by atoms with Gasteiger partial charge in [-0.2, -0.15) is 0 Å². The third kappa shape index (κ3) is 3.26. The Bertz CT molecular complexity index is 847. The Labute approximate surface area is 173 Å². The van der Waals surface area contributed by atoms with Crippen molar-refractivity contribution in [1.82, 2.24) is 10.9 Å². The molecule has 0 aromatic heterocycles. The summed E-state index contributed by atoms with van der Waals surface area (Å²) in [5, 5.41) is 0.483. The third-order valence-corrected chi connectivity index (χ3v) is 7.01. The summed E-state index contributed by atoms with van der Waals surface area (Å²) in [6.07, 6.45) is 0.540. The number of amides is 2. The Kier molecular flexibility index (Phi) is 5.05. The third-order valence-electron chi connectivity index (χ3n) is 5.56. The summed E-state index contributed by atoms with van der Waals surface area (Å²) in [7, 11) is 0. The fraction of sp³-hybridized carbons (Fsp3) is 0.444. The number of rotatable bonds is 4. The van der Waals surface area contributed by atoms with Crippen LogP contribution in [0.2, 0.25) is 5.02 Å². The minimum atomic E-state index is -0.693. The number of esters is 2. The molecule has 2 aliphatic carbocycles. The molecule has 1 saturated heterocycles. The second-order valence-electron chi connectivity index (χ2n) is 7.08. The molecular formula is C18H16BrClN2O6. The van der Waals surface area contributed by atoms with E-state index in [0.29, 0.717) is 10.6 Å². The summed E-state index contributed by atoms with van der Waals surface area (Å²) >= 11 is 9.26. The Hall–Kier alpha value is -2.13. The highest BCUT2D eigenvalue weighted by Gasteiger charge is 2.68. The fourth-order valence-electron chi connectivity index (χ4n) is 4.36. The molecular weight excluding hydrogens is 456 g/mol. The number of hydrazine groups is 1. The Balaban J connectivity index is 1.27. The van der Waals surface area contributed by atoms with Gasteiger partial charge in [0, 0.05) is 16.5 Å². The lowest BCUT2D eigenvalue weighted by atomic mass is 9.80. The summed E-state index contributed by atoms with van der Waals surface area (Å²) < 4.78 is 10.4. The minimum Gasteiger partial charge on any atom is -0.461 e. The summed E-state index contributed by atoms with van der Waals surface area (Å²) in [4.78, 5) is 48.2. The van der Waals surface area contributed by atoms with Crippen molar-refractivity contribution in [3.8, 4) is 0 Å². The molecule has 2 amide bonds. The molecule has 1 heterocycles. The van der Waals surface area contributed by atoms with Crippen LogP contribution >= 0.6 is 27.5 Å². The summed E-state index contributed by atoms with van der Waals surface area (Å²) in [6.45, 7) is -0.564. The molecule has 28 heavy (non-hydrogen) atoms. The van der Waals surface area contributed by atoms with E-state index in [1.165, 1.54) is 12.1 Å². The molecule has 10 heteroatoms. The molecule has 1 aromatic rings. The van der Waals surface area contributed by atoms with Crippen LogP contribution in [0.3, 0.4) is 0 Å². The van der Waals surface area contributed by atoms with E-state index >= 15 is 0 Å². The molecule has 4 rings (SSSR count). The van der Waals surface area contributed by atoms with Gasteiger partial charge in [0.1, 0.15) is 6.10 Å². The van der Waals surface area contributed by atoms with Crippen LogP contribution in [0.25, 0.3) is 0 Å². The fourth-order valence-corrected chi connectivity index (χ4v) is 5.53. The van der Waals surface area contributed by atoms with E-state index < -0.39 is 36.2 Å². The molecule has 1 aliphatic heterocycles. The lowest BCUT2D eigenvalue weighted by molar-refractivity contribution is -0.158. The van der Waals surface area contributed by atoms with E-state index in [1.807, 2.05) is 0 Å². The highest BCUT2D eigenvalue weighted by molar-refractivity contribution is 9.09. The highest BCUT2D eigenvalue weighted by atomic mass is 79.9. The van der Waals surface area contributed by atoms with Gasteiger partial charge in [0.15, 0.2) is 6.61 Å². The second kappa shape index (κ2) is 7.36. The minimum absolute atomic E-state index is 0.0203. The molecule has 2 saturated carbocycles. The molecule has 0 radical (unpaired) electrons. The second-order valence-corrected chi connectivity index (χ2v) is 8.57. The number of benzene rings is 1. The van der Waals surface area contributed by atoms with Crippen molar-refractivity contribution in [1.29, 1.82) is 0 Å². The van der Waals surface area contributed by atoms with Gasteiger partial charge < -0.3 is 9.47 Å². The molecule has 3 fully saturated rings. The highest BCUT2D eigenvalue weighted by Crippen LogP contribution is 2.60. The van der Waals surface area contributed by atoms with Crippen LogP contribution in [-0.4, -0.2) is 41.3 Å². The van der Waals surface area contributed by atoms with Crippen molar-refractivity contribution < 1.29 is 28.7 Å². The lowest BCUT2D eigenvalue weighted by Gasteiger charge is -2.26. The summed E-state index contributed by atoms with van der Waals surface area (Å²) in [5.74, 6) is -3.34. The van der Waals surface area contributed by atoms with Crippen LogP contribution in [-0.2, 0) is 23.9 Å². The van der Waals surface area contributed by atoms with Gasteiger partial charge in [-0.05, 0) is 36.6 Å². The monoisotopic (exact) mass is 470 g/mol. The molecule has 3 aliphatic rings. The standard InChI is InChI=1S/C18H16BrClN2O6/c19-14-9-5-10-13(18(26)28-15(10)14)12(9)17(25)27-6-11(23)21-22-16(24)7-1-3-8(20)4-2-7/h1-4,9-10,12-15H,5-6H2,(H,21,23)(H,22,24)/t9-,10-,12-,13-,14+,15+/m1/s1. The number of ether oxygens (including phenoxy) is 2. The van der Waals surface area contributed by atoms with Crippen molar-refractivity contribution in [3.63, 3.8) is 0 Å². The van der Waals surface area contributed by atoms with Gasteiger partial charge in [-0.3, -0.25) is 30.0 Å². The zero-order chi connectivity index (χ0) is 20.0. The first-order valence-electron chi connectivity index (χ1n) is 8.73.